The predicted molar refractivity (Wildman–Crippen MR) is 68.2 cm³/mol. The summed E-state index contributed by atoms with van der Waals surface area (Å²) in [6.07, 6.45) is 1.18. The molecule has 0 aliphatic rings. The van der Waals surface area contributed by atoms with Crippen molar-refractivity contribution < 1.29 is 13.9 Å². The molecule has 8 heteroatoms. The first-order chi connectivity index (χ1) is 9.07. The van der Waals surface area contributed by atoms with Crippen LogP contribution in [0.4, 0.5) is 4.39 Å². The van der Waals surface area contributed by atoms with E-state index in [1.807, 2.05) is 0 Å². The van der Waals surface area contributed by atoms with Crippen molar-refractivity contribution in [1.82, 2.24) is 9.55 Å². The third-order valence-corrected chi connectivity index (χ3v) is 2.70. The largest absolute Gasteiger partial charge is 0.382 e. The van der Waals surface area contributed by atoms with Gasteiger partial charge in [-0.25, -0.2) is 4.79 Å². The average molecular weight is 295 g/mol. The van der Waals surface area contributed by atoms with Crippen molar-refractivity contribution in [2.24, 2.45) is 0 Å². The molecule has 1 aromatic rings. The number of aromatic amines is 1. The van der Waals surface area contributed by atoms with Crippen LogP contribution in [0.25, 0.3) is 0 Å². The van der Waals surface area contributed by atoms with Gasteiger partial charge in [-0.15, -0.1) is 0 Å². The molecule has 0 aromatic carbocycles. The van der Waals surface area contributed by atoms with Gasteiger partial charge in [0.1, 0.15) is 0 Å². The summed E-state index contributed by atoms with van der Waals surface area (Å²) in [6, 6.07) is 0. The monoisotopic (exact) mass is 294 g/mol. The van der Waals surface area contributed by atoms with Gasteiger partial charge in [0.05, 0.1) is 13.2 Å². The van der Waals surface area contributed by atoms with Crippen LogP contribution in [0.15, 0.2) is 9.59 Å². The van der Waals surface area contributed by atoms with Crippen LogP contribution >= 0.6 is 11.6 Å². The third kappa shape index (κ3) is 4.77. The Morgan fingerprint density at radius 1 is 1.26 bits per heavy atom. The van der Waals surface area contributed by atoms with Gasteiger partial charge in [-0.05, 0) is 12.8 Å². The first-order valence-corrected chi connectivity index (χ1v) is 6.20. The lowest BCUT2D eigenvalue weighted by Gasteiger charge is -2.06. The normalized spacial score (nSPS) is 10.9. The molecular weight excluding hydrogens is 279 g/mol. The van der Waals surface area contributed by atoms with E-state index in [0.29, 0.717) is 32.7 Å². The molecule has 0 fully saturated rings. The van der Waals surface area contributed by atoms with Crippen LogP contribution < -0.4 is 11.2 Å². The molecule has 19 heavy (non-hydrogen) atoms. The van der Waals surface area contributed by atoms with Gasteiger partial charge in [0.25, 0.3) is 5.56 Å². The zero-order valence-electron chi connectivity index (χ0n) is 10.6. The third-order valence-electron chi connectivity index (χ3n) is 2.44. The summed E-state index contributed by atoms with van der Waals surface area (Å²) in [5.41, 5.74) is -1.72. The quantitative estimate of drug-likeness (QED) is 0.568. The fraction of sp³-hybridized carbons (Fsp3) is 0.636. The number of H-pyrrole nitrogens is 1. The molecule has 0 aliphatic heterocycles. The van der Waals surface area contributed by atoms with Gasteiger partial charge in [-0.1, -0.05) is 11.6 Å². The van der Waals surface area contributed by atoms with Crippen LogP contribution in [0.5, 0.6) is 0 Å². The highest BCUT2D eigenvalue weighted by atomic mass is 35.5. The first-order valence-electron chi connectivity index (χ1n) is 5.82. The second-order valence-corrected chi connectivity index (χ2v) is 4.21. The van der Waals surface area contributed by atoms with Crippen LogP contribution in [-0.4, -0.2) is 36.5 Å². The molecule has 1 rings (SSSR count). The topological polar surface area (TPSA) is 73.3 Å². The Morgan fingerprint density at radius 2 is 2.00 bits per heavy atom. The van der Waals surface area contributed by atoms with E-state index in [1.54, 1.807) is 7.11 Å². The maximum absolute atomic E-state index is 13.2. The van der Waals surface area contributed by atoms with Crippen molar-refractivity contribution in [2.45, 2.75) is 19.4 Å². The first kappa shape index (κ1) is 15.9. The van der Waals surface area contributed by atoms with Crippen molar-refractivity contribution in [1.29, 1.82) is 0 Å². The second kappa shape index (κ2) is 8.08. The Labute approximate surface area is 114 Å². The number of unbranched alkanes of at least 4 members (excludes halogenated alkanes) is 1. The Kier molecular flexibility index (Phi) is 6.75. The van der Waals surface area contributed by atoms with E-state index in [2.05, 4.69) is 4.98 Å². The maximum atomic E-state index is 13.2. The van der Waals surface area contributed by atoms with Crippen molar-refractivity contribution in [3.05, 3.63) is 31.8 Å². The molecule has 0 unspecified atom stereocenters. The number of ether oxygens (including phenoxy) is 2. The van der Waals surface area contributed by atoms with Gasteiger partial charge in [0, 0.05) is 20.3 Å². The number of halogens is 2. The highest BCUT2D eigenvalue weighted by Gasteiger charge is 2.11. The van der Waals surface area contributed by atoms with E-state index in [9.17, 15) is 14.0 Å². The number of methoxy groups -OCH3 is 1. The zero-order valence-corrected chi connectivity index (χ0v) is 11.3. The number of aromatic nitrogens is 2. The van der Waals surface area contributed by atoms with E-state index in [4.69, 9.17) is 21.1 Å². The minimum atomic E-state index is -1.14. The molecule has 0 spiro atoms. The second-order valence-electron chi connectivity index (χ2n) is 3.83. The van der Waals surface area contributed by atoms with E-state index >= 15 is 0 Å². The molecule has 0 saturated carbocycles. The maximum Gasteiger partial charge on any atom is 0.329 e. The van der Waals surface area contributed by atoms with Gasteiger partial charge in [0.15, 0.2) is 5.15 Å². The molecule has 1 heterocycles. The molecule has 0 atom stereocenters. The fourth-order valence-corrected chi connectivity index (χ4v) is 1.60. The smallest absolute Gasteiger partial charge is 0.329 e. The summed E-state index contributed by atoms with van der Waals surface area (Å²) < 4.78 is 24.0. The molecular formula is C11H16ClFN2O4. The van der Waals surface area contributed by atoms with Crippen molar-refractivity contribution in [2.75, 3.05) is 26.9 Å². The van der Waals surface area contributed by atoms with Gasteiger partial charge in [0.2, 0.25) is 5.82 Å². The number of nitrogens with zero attached hydrogens (tertiary/aromatic N) is 1. The van der Waals surface area contributed by atoms with E-state index in [1.165, 1.54) is 0 Å². The van der Waals surface area contributed by atoms with Gasteiger partial charge >= 0.3 is 5.69 Å². The molecule has 1 aromatic heterocycles. The molecule has 0 radical (unpaired) electrons. The Bertz CT molecular complexity index is 514. The lowest BCUT2D eigenvalue weighted by molar-refractivity contribution is 0.0683. The van der Waals surface area contributed by atoms with Crippen LogP contribution in [0.2, 0.25) is 5.15 Å². The van der Waals surface area contributed by atoms with E-state index in [-0.39, 0.29) is 6.54 Å². The summed E-state index contributed by atoms with van der Waals surface area (Å²) in [6.45, 7) is 1.62. The lowest BCUT2D eigenvalue weighted by Crippen LogP contribution is -2.37. The summed E-state index contributed by atoms with van der Waals surface area (Å²) in [5.74, 6) is -1.14. The van der Waals surface area contributed by atoms with Crippen LogP contribution in [-0.2, 0) is 16.0 Å². The number of rotatable bonds is 8. The summed E-state index contributed by atoms with van der Waals surface area (Å²) in [4.78, 5) is 24.9. The predicted octanol–water partition coefficient (Wildman–Crippen LogP) is 0.772. The van der Waals surface area contributed by atoms with Gasteiger partial charge in [-0.2, -0.15) is 4.39 Å². The van der Waals surface area contributed by atoms with Crippen molar-refractivity contribution >= 4 is 11.6 Å². The molecule has 108 valence electrons. The molecule has 6 nitrogen and oxygen atoms in total. The van der Waals surface area contributed by atoms with E-state index < -0.39 is 22.2 Å². The SMILES string of the molecule is COCCOCCCCn1c(=O)[nH]c(Cl)c(F)c1=O. The van der Waals surface area contributed by atoms with Crippen LogP contribution in [0.1, 0.15) is 12.8 Å². The minimum Gasteiger partial charge on any atom is -0.382 e. The summed E-state index contributed by atoms with van der Waals surface area (Å²) in [7, 11) is 1.58. The average Bonchev–Trinajstić information content (AvgIpc) is 2.38. The van der Waals surface area contributed by atoms with E-state index in [0.717, 1.165) is 4.57 Å². The fourth-order valence-electron chi connectivity index (χ4n) is 1.44. The highest BCUT2D eigenvalue weighted by Crippen LogP contribution is 2.02. The lowest BCUT2D eigenvalue weighted by atomic mass is 10.3. The number of hydrogen-bond donors (Lipinski definition) is 1. The Balaban J connectivity index is 2.44. The molecule has 0 bridgehead atoms. The number of hydrogen-bond acceptors (Lipinski definition) is 4. The molecule has 0 saturated heterocycles. The molecule has 1 N–H and O–H groups in total. The standard InChI is InChI=1S/C11H16ClFN2O4/c1-18-6-7-19-5-3-2-4-15-10(16)8(13)9(12)14-11(15)17/h2-7H2,1H3,(H,14,17). The Morgan fingerprint density at radius 3 is 2.68 bits per heavy atom. The summed E-state index contributed by atoms with van der Waals surface area (Å²) in [5, 5.41) is -0.561. The minimum absolute atomic E-state index is 0.121. The molecule has 0 aliphatic carbocycles. The van der Waals surface area contributed by atoms with Gasteiger partial charge < -0.3 is 9.47 Å². The molecule has 0 amide bonds. The van der Waals surface area contributed by atoms with Crippen molar-refractivity contribution in [3.63, 3.8) is 0 Å². The highest BCUT2D eigenvalue weighted by molar-refractivity contribution is 6.29. The van der Waals surface area contributed by atoms with Gasteiger partial charge in [-0.3, -0.25) is 14.3 Å². The van der Waals surface area contributed by atoms with Crippen molar-refractivity contribution in [3.8, 4) is 0 Å². The van der Waals surface area contributed by atoms with Crippen LogP contribution in [0, 0.1) is 5.82 Å². The number of nitrogens with one attached hydrogen (secondary N) is 1. The summed E-state index contributed by atoms with van der Waals surface area (Å²) >= 11 is 5.35. The zero-order chi connectivity index (χ0) is 14.3. The Hall–Kier alpha value is -1.18. The van der Waals surface area contributed by atoms with Crippen LogP contribution in [0.3, 0.4) is 0 Å².